The molecule has 0 radical (unpaired) electrons. The van der Waals surface area contributed by atoms with E-state index in [9.17, 15) is 13.2 Å². The Bertz CT molecular complexity index is 1270. The van der Waals surface area contributed by atoms with Crippen molar-refractivity contribution < 1.29 is 17.9 Å². The van der Waals surface area contributed by atoms with Crippen molar-refractivity contribution in [3.63, 3.8) is 0 Å². The highest BCUT2D eigenvalue weighted by Crippen LogP contribution is 2.26. The molecule has 0 atom stereocenters. The second kappa shape index (κ2) is 8.86. The van der Waals surface area contributed by atoms with Crippen molar-refractivity contribution >= 4 is 21.6 Å². The number of aromatic nitrogens is 1. The summed E-state index contributed by atoms with van der Waals surface area (Å²) in [5.41, 5.74) is 3.28. The molecule has 2 aliphatic carbocycles. The lowest BCUT2D eigenvalue weighted by molar-refractivity contribution is 0.0951. The Morgan fingerprint density at radius 2 is 1.70 bits per heavy atom. The van der Waals surface area contributed by atoms with Crippen molar-refractivity contribution in [2.24, 2.45) is 0 Å². The molecule has 0 aliphatic heterocycles. The van der Waals surface area contributed by atoms with Crippen molar-refractivity contribution in [3.8, 4) is 11.6 Å². The summed E-state index contributed by atoms with van der Waals surface area (Å²) in [5.74, 6) is 0.771. The van der Waals surface area contributed by atoms with Crippen LogP contribution in [0.5, 0.6) is 11.6 Å². The molecule has 0 unspecified atom stereocenters. The van der Waals surface area contributed by atoms with Crippen LogP contribution >= 0.6 is 0 Å². The number of fused-ring (bicyclic) bond motifs is 1. The first-order valence-corrected chi connectivity index (χ1v) is 12.6. The fourth-order valence-electron chi connectivity index (χ4n) is 3.88. The van der Waals surface area contributed by atoms with Crippen molar-refractivity contribution in [1.29, 1.82) is 0 Å². The maximum absolute atomic E-state index is 12.8. The number of amides is 1. The van der Waals surface area contributed by atoms with Crippen LogP contribution in [-0.4, -0.2) is 25.4 Å². The average molecular weight is 464 g/mol. The van der Waals surface area contributed by atoms with Gasteiger partial charge in [0.1, 0.15) is 5.75 Å². The predicted molar refractivity (Wildman–Crippen MR) is 125 cm³/mol. The van der Waals surface area contributed by atoms with E-state index in [4.69, 9.17) is 4.74 Å². The zero-order valence-corrected chi connectivity index (χ0v) is 18.9. The number of pyridine rings is 1. The molecule has 7 nitrogen and oxygen atoms in total. The lowest BCUT2D eigenvalue weighted by atomic mass is 9.92. The number of carbonyl (C=O) groups excluding carboxylic acids is 1. The molecule has 1 amide bonds. The lowest BCUT2D eigenvalue weighted by Crippen LogP contribution is -2.25. The molecule has 1 fully saturated rings. The number of ether oxygens (including phenoxy) is 1. The number of hydrogen-bond acceptors (Lipinski definition) is 5. The van der Waals surface area contributed by atoms with Crippen molar-refractivity contribution in [1.82, 2.24) is 10.3 Å². The first-order chi connectivity index (χ1) is 16.0. The normalized spacial score (nSPS) is 15.4. The van der Waals surface area contributed by atoms with E-state index < -0.39 is 10.0 Å². The second-order valence-corrected chi connectivity index (χ2v) is 10.2. The molecule has 1 aromatic heterocycles. The quantitative estimate of drug-likeness (QED) is 0.540. The van der Waals surface area contributed by atoms with Crippen LogP contribution in [0, 0.1) is 0 Å². The third-order valence-corrected chi connectivity index (χ3v) is 7.25. The van der Waals surface area contributed by atoms with Gasteiger partial charge in [0.15, 0.2) is 0 Å². The van der Waals surface area contributed by atoms with Crippen LogP contribution in [0.3, 0.4) is 0 Å². The molecule has 5 rings (SSSR count). The van der Waals surface area contributed by atoms with Crippen molar-refractivity contribution in [2.75, 3.05) is 4.72 Å². The summed E-state index contributed by atoms with van der Waals surface area (Å²) in [7, 11) is -3.70. The Hall–Kier alpha value is -3.39. The number of rotatable bonds is 7. The Labute approximate surface area is 193 Å². The number of aryl methyl sites for hydroxylation is 2. The summed E-state index contributed by atoms with van der Waals surface area (Å²) in [6.07, 6.45) is 7.66. The minimum absolute atomic E-state index is 0.0854. The number of sulfonamides is 1. The highest BCUT2D eigenvalue weighted by atomic mass is 32.2. The highest BCUT2D eigenvalue weighted by Gasteiger charge is 2.23. The van der Waals surface area contributed by atoms with Crippen LogP contribution in [0.15, 0.2) is 65.7 Å². The fraction of sp³-hybridized carbons (Fsp3) is 0.280. The third-order valence-electron chi connectivity index (χ3n) is 5.87. The summed E-state index contributed by atoms with van der Waals surface area (Å²) in [4.78, 5) is 16.5. The zero-order valence-electron chi connectivity index (χ0n) is 18.1. The Balaban J connectivity index is 1.22. The molecule has 1 saturated carbocycles. The van der Waals surface area contributed by atoms with Gasteiger partial charge >= 0.3 is 0 Å². The molecule has 2 aromatic carbocycles. The molecule has 3 aromatic rings. The molecule has 0 spiro atoms. The Morgan fingerprint density at radius 3 is 2.39 bits per heavy atom. The monoisotopic (exact) mass is 463 g/mol. The number of carbonyl (C=O) groups is 1. The topological polar surface area (TPSA) is 97.4 Å². The van der Waals surface area contributed by atoms with E-state index in [2.05, 4.69) is 15.0 Å². The summed E-state index contributed by atoms with van der Waals surface area (Å²) in [6, 6.07) is 15.7. The van der Waals surface area contributed by atoms with E-state index in [0.29, 0.717) is 28.9 Å². The summed E-state index contributed by atoms with van der Waals surface area (Å²) in [5, 5.41) is 2.94. The Morgan fingerprint density at radius 1 is 0.939 bits per heavy atom. The lowest BCUT2D eigenvalue weighted by Gasteiger charge is -2.17. The van der Waals surface area contributed by atoms with Crippen LogP contribution < -0.4 is 14.8 Å². The van der Waals surface area contributed by atoms with E-state index in [-0.39, 0.29) is 10.8 Å². The minimum atomic E-state index is -3.70. The van der Waals surface area contributed by atoms with Crippen LogP contribution in [0.25, 0.3) is 0 Å². The molecule has 170 valence electrons. The standard InChI is InChI=1S/C25H25N3O4S/c29-25(27-20-8-9-20)18-5-11-22(12-6-18)32-24-14-10-21(16-26-24)28-33(30,31)23-13-7-17-3-1-2-4-19(17)15-23/h5-7,10-16,20,28H,1-4,8-9H2,(H,27,29). The fourth-order valence-corrected chi connectivity index (χ4v) is 4.98. The predicted octanol–water partition coefficient (Wildman–Crippen LogP) is 4.45. The number of nitrogens with zero attached hydrogens (tertiary/aromatic N) is 1. The number of hydrogen-bond donors (Lipinski definition) is 2. The van der Waals surface area contributed by atoms with Gasteiger partial charge in [0.25, 0.3) is 15.9 Å². The van der Waals surface area contributed by atoms with E-state index in [1.807, 2.05) is 6.07 Å². The van der Waals surface area contributed by atoms with Gasteiger partial charge in [0.2, 0.25) is 5.88 Å². The van der Waals surface area contributed by atoms with Gasteiger partial charge in [-0.3, -0.25) is 9.52 Å². The van der Waals surface area contributed by atoms with Crippen LogP contribution in [0.1, 0.15) is 47.2 Å². The molecule has 2 N–H and O–H groups in total. The third kappa shape index (κ3) is 5.17. The smallest absolute Gasteiger partial charge is 0.261 e. The second-order valence-electron chi connectivity index (χ2n) is 8.50. The highest BCUT2D eigenvalue weighted by molar-refractivity contribution is 7.92. The van der Waals surface area contributed by atoms with E-state index >= 15 is 0 Å². The molecule has 0 bridgehead atoms. The first-order valence-electron chi connectivity index (χ1n) is 11.2. The average Bonchev–Trinajstić information content (AvgIpc) is 3.64. The molecule has 0 saturated heterocycles. The summed E-state index contributed by atoms with van der Waals surface area (Å²) in [6.45, 7) is 0. The van der Waals surface area contributed by atoms with Gasteiger partial charge in [0, 0.05) is 17.7 Å². The number of nitrogens with one attached hydrogen (secondary N) is 2. The maximum Gasteiger partial charge on any atom is 0.261 e. The van der Waals surface area contributed by atoms with E-state index in [0.717, 1.165) is 44.1 Å². The van der Waals surface area contributed by atoms with Crippen LogP contribution in [0.4, 0.5) is 5.69 Å². The molecular formula is C25H25N3O4S. The van der Waals surface area contributed by atoms with Crippen LogP contribution in [0.2, 0.25) is 0 Å². The summed E-state index contributed by atoms with van der Waals surface area (Å²) >= 11 is 0. The maximum atomic E-state index is 12.8. The zero-order chi connectivity index (χ0) is 22.8. The molecule has 8 heteroatoms. The largest absolute Gasteiger partial charge is 0.439 e. The van der Waals surface area contributed by atoms with Crippen molar-refractivity contribution in [3.05, 3.63) is 77.5 Å². The van der Waals surface area contributed by atoms with Gasteiger partial charge in [-0.25, -0.2) is 13.4 Å². The van der Waals surface area contributed by atoms with Gasteiger partial charge in [-0.2, -0.15) is 0 Å². The molecule has 2 aliphatic rings. The SMILES string of the molecule is O=C(NC1CC1)c1ccc(Oc2ccc(NS(=O)(=O)c3ccc4c(c3)CCCC4)cn2)cc1. The van der Waals surface area contributed by atoms with Crippen LogP contribution in [-0.2, 0) is 22.9 Å². The number of anilines is 1. The first kappa shape index (κ1) is 21.5. The van der Waals surface area contributed by atoms with E-state index in [1.165, 1.54) is 11.8 Å². The molecular weight excluding hydrogens is 438 g/mol. The molecule has 1 heterocycles. The van der Waals surface area contributed by atoms with Gasteiger partial charge in [-0.1, -0.05) is 6.07 Å². The van der Waals surface area contributed by atoms with Crippen molar-refractivity contribution in [2.45, 2.75) is 49.5 Å². The molecule has 33 heavy (non-hydrogen) atoms. The number of benzene rings is 2. The Kier molecular flexibility index (Phi) is 5.76. The summed E-state index contributed by atoms with van der Waals surface area (Å²) < 4.78 is 33.9. The van der Waals surface area contributed by atoms with Gasteiger partial charge < -0.3 is 10.1 Å². The van der Waals surface area contributed by atoms with Gasteiger partial charge in [-0.05, 0) is 92.1 Å². The van der Waals surface area contributed by atoms with Gasteiger partial charge in [0.05, 0.1) is 16.8 Å². The van der Waals surface area contributed by atoms with Gasteiger partial charge in [-0.15, -0.1) is 0 Å². The van der Waals surface area contributed by atoms with E-state index in [1.54, 1.807) is 48.5 Å². The minimum Gasteiger partial charge on any atom is -0.439 e.